The third-order valence-electron chi connectivity index (χ3n) is 5.73. The van der Waals surface area contributed by atoms with Crippen molar-refractivity contribution in [3.8, 4) is 5.75 Å². The molecular formula is C23H27N3O4. The highest BCUT2D eigenvalue weighted by molar-refractivity contribution is 5.94. The molecule has 7 heteroatoms. The van der Waals surface area contributed by atoms with Crippen molar-refractivity contribution >= 4 is 11.8 Å². The minimum atomic E-state index is -0.429. The maximum atomic E-state index is 12.6. The first-order valence-corrected chi connectivity index (χ1v) is 10.5. The summed E-state index contributed by atoms with van der Waals surface area (Å²) in [6.45, 7) is 2.37. The van der Waals surface area contributed by atoms with Crippen molar-refractivity contribution in [3.05, 3.63) is 59.9 Å². The van der Waals surface area contributed by atoms with Gasteiger partial charge in [0.05, 0.1) is 11.7 Å². The Bertz CT molecular complexity index is 864. The normalized spacial score (nSPS) is 20.1. The SMILES string of the molecule is O=C(c1cccnc1)N1CCC(Oc2ccc(C(=O)N3CCC[C@@H](O)C3)cc2)CC1. The standard InChI is InChI=1S/C23H27N3O4/c27-19-4-2-12-26(16-19)22(28)17-5-7-20(8-6-17)30-21-9-13-25(14-10-21)23(29)18-3-1-11-24-15-18/h1,3,5-8,11,15,19,21,27H,2,4,9-10,12-14,16H2/t19-/m1/s1. The number of ether oxygens (including phenoxy) is 1. The Kier molecular flexibility index (Phi) is 6.28. The Morgan fingerprint density at radius 1 is 0.933 bits per heavy atom. The van der Waals surface area contributed by atoms with Gasteiger partial charge in [0.1, 0.15) is 11.9 Å². The Morgan fingerprint density at radius 3 is 2.33 bits per heavy atom. The van der Waals surface area contributed by atoms with Crippen LogP contribution in [-0.2, 0) is 0 Å². The van der Waals surface area contributed by atoms with Crippen molar-refractivity contribution in [1.29, 1.82) is 0 Å². The lowest BCUT2D eigenvalue weighted by molar-refractivity contribution is 0.0473. The fraction of sp³-hybridized carbons (Fsp3) is 0.435. The Labute approximate surface area is 176 Å². The summed E-state index contributed by atoms with van der Waals surface area (Å²) in [7, 11) is 0. The summed E-state index contributed by atoms with van der Waals surface area (Å²) in [4.78, 5) is 32.7. The van der Waals surface area contributed by atoms with Crippen molar-refractivity contribution in [2.24, 2.45) is 0 Å². The van der Waals surface area contributed by atoms with Gasteiger partial charge >= 0.3 is 0 Å². The smallest absolute Gasteiger partial charge is 0.255 e. The van der Waals surface area contributed by atoms with E-state index < -0.39 is 6.10 Å². The largest absolute Gasteiger partial charge is 0.490 e. The van der Waals surface area contributed by atoms with Crippen molar-refractivity contribution in [2.45, 2.75) is 37.9 Å². The van der Waals surface area contributed by atoms with Crippen LogP contribution < -0.4 is 4.74 Å². The van der Waals surface area contributed by atoms with E-state index in [2.05, 4.69) is 4.98 Å². The van der Waals surface area contributed by atoms with E-state index >= 15 is 0 Å². The predicted molar refractivity (Wildman–Crippen MR) is 111 cm³/mol. The summed E-state index contributed by atoms with van der Waals surface area (Å²) < 4.78 is 6.07. The molecule has 0 saturated carbocycles. The van der Waals surface area contributed by atoms with E-state index in [1.807, 2.05) is 17.0 Å². The molecule has 0 radical (unpaired) electrons. The van der Waals surface area contributed by atoms with Crippen LogP contribution in [-0.4, -0.2) is 70.1 Å². The number of piperidine rings is 2. The Hall–Kier alpha value is -2.93. The highest BCUT2D eigenvalue weighted by atomic mass is 16.5. The van der Waals surface area contributed by atoms with Crippen molar-refractivity contribution in [3.63, 3.8) is 0 Å². The summed E-state index contributed by atoms with van der Waals surface area (Å²) in [6, 6.07) is 10.7. The highest BCUT2D eigenvalue weighted by Gasteiger charge is 2.25. The molecule has 0 unspecified atom stereocenters. The van der Waals surface area contributed by atoms with Crippen LogP contribution in [0.15, 0.2) is 48.8 Å². The second-order valence-corrected chi connectivity index (χ2v) is 7.92. The number of nitrogens with zero attached hydrogens (tertiary/aromatic N) is 3. The zero-order chi connectivity index (χ0) is 20.9. The van der Waals surface area contributed by atoms with Crippen LogP contribution in [0.1, 0.15) is 46.4 Å². The van der Waals surface area contributed by atoms with Crippen LogP contribution in [0.3, 0.4) is 0 Å². The number of β-amino-alcohol motifs (C(OH)–C–C–N with tert-alkyl or cyclic N) is 1. The van der Waals surface area contributed by atoms with Crippen molar-refractivity contribution < 1.29 is 19.4 Å². The molecular weight excluding hydrogens is 382 g/mol. The van der Waals surface area contributed by atoms with Gasteiger partial charge in [0, 0.05) is 57.0 Å². The molecule has 2 fully saturated rings. The third-order valence-corrected chi connectivity index (χ3v) is 5.73. The van der Waals surface area contributed by atoms with E-state index in [1.165, 1.54) is 0 Å². The van der Waals surface area contributed by atoms with Crippen LogP contribution in [0.2, 0.25) is 0 Å². The van der Waals surface area contributed by atoms with E-state index in [0.717, 1.165) is 31.4 Å². The summed E-state index contributed by atoms with van der Waals surface area (Å²) in [5.41, 5.74) is 1.21. The number of benzene rings is 1. The van der Waals surface area contributed by atoms with Crippen LogP contribution in [0.5, 0.6) is 5.75 Å². The quantitative estimate of drug-likeness (QED) is 0.838. The number of amides is 2. The molecule has 2 amide bonds. The van der Waals surface area contributed by atoms with Gasteiger partial charge in [-0.1, -0.05) is 0 Å². The Morgan fingerprint density at radius 2 is 1.67 bits per heavy atom. The zero-order valence-corrected chi connectivity index (χ0v) is 16.9. The number of pyridine rings is 1. The lowest BCUT2D eigenvalue weighted by Gasteiger charge is -2.32. The van der Waals surface area contributed by atoms with Crippen LogP contribution in [0.4, 0.5) is 0 Å². The first-order valence-electron chi connectivity index (χ1n) is 10.5. The number of aliphatic hydroxyl groups is 1. The number of carbonyl (C=O) groups is 2. The molecule has 1 aromatic heterocycles. The Balaban J connectivity index is 1.28. The fourth-order valence-corrected chi connectivity index (χ4v) is 4.04. The molecule has 0 spiro atoms. The van der Waals surface area contributed by atoms with Crippen LogP contribution in [0, 0.1) is 0 Å². The van der Waals surface area contributed by atoms with E-state index in [-0.39, 0.29) is 17.9 Å². The number of hydrogen-bond donors (Lipinski definition) is 1. The molecule has 2 aliphatic rings. The fourth-order valence-electron chi connectivity index (χ4n) is 4.04. The second-order valence-electron chi connectivity index (χ2n) is 7.92. The van der Waals surface area contributed by atoms with Crippen LogP contribution >= 0.6 is 0 Å². The maximum Gasteiger partial charge on any atom is 0.255 e. The zero-order valence-electron chi connectivity index (χ0n) is 16.9. The average Bonchev–Trinajstić information content (AvgIpc) is 2.80. The van der Waals surface area contributed by atoms with Gasteiger partial charge < -0.3 is 19.6 Å². The molecule has 4 rings (SSSR count). The van der Waals surface area contributed by atoms with Gasteiger partial charge in [-0.05, 0) is 49.2 Å². The molecule has 2 saturated heterocycles. The van der Waals surface area contributed by atoms with Gasteiger partial charge in [-0.2, -0.15) is 0 Å². The number of aliphatic hydroxyl groups excluding tert-OH is 1. The summed E-state index contributed by atoms with van der Waals surface area (Å²) in [5, 5.41) is 9.78. The van der Waals surface area contributed by atoms with Gasteiger partial charge in [-0.3, -0.25) is 14.6 Å². The predicted octanol–water partition coefficient (Wildman–Crippen LogP) is 2.36. The van der Waals surface area contributed by atoms with Crippen molar-refractivity contribution in [2.75, 3.05) is 26.2 Å². The van der Waals surface area contributed by atoms with E-state index in [1.54, 1.807) is 41.6 Å². The average molecular weight is 409 g/mol. The molecule has 2 aliphatic heterocycles. The van der Waals surface area contributed by atoms with Gasteiger partial charge in [-0.25, -0.2) is 0 Å². The lowest BCUT2D eigenvalue weighted by atomic mass is 10.1. The third kappa shape index (κ3) is 4.79. The van der Waals surface area contributed by atoms with E-state index in [9.17, 15) is 14.7 Å². The van der Waals surface area contributed by atoms with Gasteiger partial charge in [0.25, 0.3) is 11.8 Å². The number of hydrogen-bond acceptors (Lipinski definition) is 5. The number of rotatable bonds is 4. The van der Waals surface area contributed by atoms with E-state index in [4.69, 9.17) is 4.74 Å². The minimum absolute atomic E-state index is 0.00671. The second kappa shape index (κ2) is 9.26. The lowest BCUT2D eigenvalue weighted by Crippen LogP contribution is -2.42. The molecule has 0 bridgehead atoms. The van der Waals surface area contributed by atoms with Gasteiger partial charge in [0.2, 0.25) is 0 Å². The molecule has 158 valence electrons. The first-order chi connectivity index (χ1) is 14.6. The topological polar surface area (TPSA) is 83.0 Å². The highest BCUT2D eigenvalue weighted by Crippen LogP contribution is 2.22. The molecule has 1 aromatic carbocycles. The monoisotopic (exact) mass is 409 g/mol. The summed E-state index contributed by atoms with van der Waals surface area (Å²) in [6.07, 6.45) is 5.97. The maximum absolute atomic E-state index is 12.6. The first kappa shape index (κ1) is 20.3. The number of aromatic nitrogens is 1. The molecule has 1 atom stereocenters. The van der Waals surface area contributed by atoms with E-state index in [0.29, 0.717) is 37.3 Å². The van der Waals surface area contributed by atoms with Gasteiger partial charge in [0.15, 0.2) is 0 Å². The minimum Gasteiger partial charge on any atom is -0.490 e. The number of carbonyl (C=O) groups excluding carboxylic acids is 2. The van der Waals surface area contributed by atoms with Crippen molar-refractivity contribution in [1.82, 2.24) is 14.8 Å². The number of likely N-dealkylation sites (tertiary alicyclic amines) is 2. The molecule has 2 aromatic rings. The van der Waals surface area contributed by atoms with Gasteiger partial charge in [-0.15, -0.1) is 0 Å². The molecule has 0 aliphatic carbocycles. The molecule has 1 N–H and O–H groups in total. The molecule has 7 nitrogen and oxygen atoms in total. The molecule has 30 heavy (non-hydrogen) atoms. The van der Waals surface area contributed by atoms with Crippen LogP contribution in [0.25, 0.3) is 0 Å². The summed E-state index contributed by atoms with van der Waals surface area (Å²) >= 11 is 0. The molecule has 3 heterocycles. The summed E-state index contributed by atoms with van der Waals surface area (Å²) in [5.74, 6) is 0.678.